The Morgan fingerprint density at radius 1 is 1.21 bits per heavy atom. The maximum absolute atomic E-state index is 12.4. The second-order valence-electron chi connectivity index (χ2n) is 7.49. The summed E-state index contributed by atoms with van der Waals surface area (Å²) in [5.74, 6) is 1.32. The molecule has 1 aliphatic heterocycles. The fraction of sp³-hybridized carbons (Fsp3) is 0.429. The molecule has 0 aliphatic carbocycles. The monoisotopic (exact) mass is 413 g/mol. The summed E-state index contributed by atoms with van der Waals surface area (Å²) in [5.41, 5.74) is 2.93. The lowest BCUT2D eigenvalue weighted by Gasteiger charge is -2.28. The highest BCUT2D eigenvalue weighted by Gasteiger charge is 2.21. The first kappa shape index (κ1) is 19.6. The van der Waals surface area contributed by atoms with E-state index in [4.69, 9.17) is 21.1 Å². The number of amides is 1. The van der Waals surface area contributed by atoms with Crippen LogP contribution in [-0.2, 0) is 11.2 Å². The summed E-state index contributed by atoms with van der Waals surface area (Å²) >= 11 is 6.20. The van der Waals surface area contributed by atoms with Crippen LogP contribution < -0.4 is 10.2 Å². The van der Waals surface area contributed by atoms with Crippen LogP contribution in [0.3, 0.4) is 0 Å². The minimum absolute atomic E-state index is 0.132. The van der Waals surface area contributed by atoms with E-state index in [1.807, 2.05) is 32.0 Å². The van der Waals surface area contributed by atoms with E-state index in [-0.39, 0.29) is 12.3 Å². The predicted octanol–water partition coefficient (Wildman–Crippen LogP) is 4.45. The van der Waals surface area contributed by atoms with Crippen LogP contribution in [0.25, 0.3) is 11.1 Å². The highest BCUT2D eigenvalue weighted by molar-refractivity contribution is 6.33. The van der Waals surface area contributed by atoms with Gasteiger partial charge >= 0.3 is 0 Å². The van der Waals surface area contributed by atoms with Crippen molar-refractivity contribution in [1.29, 1.82) is 0 Å². The average molecular weight is 414 g/mol. The second-order valence-corrected chi connectivity index (χ2v) is 7.90. The van der Waals surface area contributed by atoms with Crippen LogP contribution in [0.2, 0.25) is 5.02 Å². The first-order valence-electron chi connectivity index (χ1n) is 9.95. The molecule has 1 saturated heterocycles. The lowest BCUT2D eigenvalue weighted by molar-refractivity contribution is -0.116. The van der Waals surface area contributed by atoms with Gasteiger partial charge in [-0.15, -0.1) is 0 Å². The van der Waals surface area contributed by atoms with Crippen LogP contribution >= 0.6 is 11.6 Å². The standard InChI is InChI=1S/C21H24ClN5O2/c1-13-6-7-16(15(22)12-13)23-18(28)9-8-17-24-20(27-10-4-3-5-11-27)19-14(2)26-29-21(19)25-17/h6-7,12H,3-5,8-11H2,1-2H3,(H,23,28). The molecule has 7 nitrogen and oxygen atoms in total. The number of benzene rings is 1. The van der Waals surface area contributed by atoms with Crippen molar-refractivity contribution in [1.82, 2.24) is 15.1 Å². The van der Waals surface area contributed by atoms with Crippen molar-refractivity contribution in [2.75, 3.05) is 23.3 Å². The maximum atomic E-state index is 12.4. The number of anilines is 2. The molecule has 1 N–H and O–H groups in total. The molecule has 3 heterocycles. The second kappa shape index (κ2) is 8.37. The molecular formula is C21H24ClN5O2. The molecule has 0 bridgehead atoms. The zero-order chi connectivity index (χ0) is 20.4. The van der Waals surface area contributed by atoms with Crippen molar-refractivity contribution >= 4 is 40.1 Å². The molecule has 3 aromatic rings. The number of nitrogens with one attached hydrogen (secondary N) is 1. The lowest BCUT2D eigenvalue weighted by atomic mass is 10.1. The molecule has 2 aromatic heterocycles. The Morgan fingerprint density at radius 2 is 2.00 bits per heavy atom. The van der Waals surface area contributed by atoms with Crippen LogP contribution in [-0.4, -0.2) is 34.1 Å². The van der Waals surface area contributed by atoms with Gasteiger partial charge in [-0.3, -0.25) is 4.79 Å². The van der Waals surface area contributed by atoms with E-state index in [9.17, 15) is 4.79 Å². The van der Waals surface area contributed by atoms with Crippen LogP contribution in [0.5, 0.6) is 0 Å². The Balaban J connectivity index is 1.51. The van der Waals surface area contributed by atoms with Crippen LogP contribution in [0.4, 0.5) is 11.5 Å². The smallest absolute Gasteiger partial charge is 0.263 e. The van der Waals surface area contributed by atoms with Gasteiger partial charge in [0.15, 0.2) is 0 Å². The Labute approximate surface area is 174 Å². The predicted molar refractivity (Wildman–Crippen MR) is 114 cm³/mol. The zero-order valence-electron chi connectivity index (χ0n) is 16.7. The normalized spacial score (nSPS) is 14.4. The Morgan fingerprint density at radius 3 is 2.76 bits per heavy atom. The minimum atomic E-state index is -0.132. The van der Waals surface area contributed by atoms with Gasteiger partial charge in [0.25, 0.3) is 5.71 Å². The van der Waals surface area contributed by atoms with Crippen molar-refractivity contribution in [3.05, 3.63) is 40.3 Å². The van der Waals surface area contributed by atoms with Gasteiger partial charge in [-0.25, -0.2) is 4.98 Å². The van der Waals surface area contributed by atoms with E-state index in [2.05, 4.69) is 20.4 Å². The molecule has 152 valence electrons. The van der Waals surface area contributed by atoms with Gasteiger partial charge in [0.05, 0.1) is 16.4 Å². The molecule has 0 spiro atoms. The van der Waals surface area contributed by atoms with E-state index >= 15 is 0 Å². The quantitative estimate of drug-likeness (QED) is 0.665. The van der Waals surface area contributed by atoms with Crippen LogP contribution in [0.1, 0.15) is 42.8 Å². The maximum Gasteiger partial charge on any atom is 0.263 e. The van der Waals surface area contributed by atoms with Gasteiger partial charge in [-0.1, -0.05) is 22.8 Å². The summed E-state index contributed by atoms with van der Waals surface area (Å²) in [6, 6.07) is 5.55. The van der Waals surface area contributed by atoms with Crippen molar-refractivity contribution in [2.45, 2.75) is 46.0 Å². The highest BCUT2D eigenvalue weighted by Crippen LogP contribution is 2.29. The lowest BCUT2D eigenvalue weighted by Crippen LogP contribution is -2.30. The minimum Gasteiger partial charge on any atom is -0.356 e. The topological polar surface area (TPSA) is 84.2 Å². The summed E-state index contributed by atoms with van der Waals surface area (Å²) in [5, 5.41) is 8.31. The molecule has 1 amide bonds. The van der Waals surface area contributed by atoms with Crippen molar-refractivity contribution in [3.8, 4) is 0 Å². The molecular weight excluding hydrogens is 390 g/mol. The van der Waals surface area contributed by atoms with Crippen LogP contribution in [0, 0.1) is 13.8 Å². The number of hydrogen-bond acceptors (Lipinski definition) is 6. The molecule has 0 saturated carbocycles. The van der Waals surface area contributed by atoms with E-state index in [0.717, 1.165) is 48.4 Å². The van der Waals surface area contributed by atoms with Crippen molar-refractivity contribution in [2.24, 2.45) is 0 Å². The van der Waals surface area contributed by atoms with Crippen molar-refractivity contribution in [3.63, 3.8) is 0 Å². The number of aryl methyl sites for hydroxylation is 3. The number of halogens is 1. The number of aromatic nitrogens is 3. The van der Waals surface area contributed by atoms with E-state index < -0.39 is 0 Å². The number of nitrogens with zero attached hydrogens (tertiary/aromatic N) is 4. The van der Waals surface area contributed by atoms with Gasteiger partial charge < -0.3 is 14.7 Å². The number of carbonyl (C=O) groups is 1. The SMILES string of the molecule is Cc1ccc(NC(=O)CCc2nc(N3CCCCC3)c3c(C)noc3n2)c(Cl)c1. The number of rotatable bonds is 5. The Bertz CT molecular complexity index is 1040. The van der Waals surface area contributed by atoms with Crippen LogP contribution in [0.15, 0.2) is 22.7 Å². The fourth-order valence-electron chi connectivity index (χ4n) is 3.62. The summed E-state index contributed by atoms with van der Waals surface area (Å²) in [6.07, 6.45) is 4.19. The highest BCUT2D eigenvalue weighted by atomic mass is 35.5. The number of hydrogen-bond donors (Lipinski definition) is 1. The zero-order valence-corrected chi connectivity index (χ0v) is 17.4. The molecule has 1 aliphatic rings. The molecule has 1 aromatic carbocycles. The number of fused-ring (bicyclic) bond motifs is 1. The third kappa shape index (κ3) is 4.34. The van der Waals surface area contributed by atoms with Gasteiger partial charge in [-0.05, 0) is 50.8 Å². The van der Waals surface area contributed by atoms with Gasteiger partial charge in [0.2, 0.25) is 5.91 Å². The average Bonchev–Trinajstić information content (AvgIpc) is 3.09. The van der Waals surface area contributed by atoms with Crippen molar-refractivity contribution < 1.29 is 9.32 Å². The fourth-order valence-corrected chi connectivity index (χ4v) is 3.90. The van der Waals surface area contributed by atoms with E-state index in [0.29, 0.717) is 28.7 Å². The Hall–Kier alpha value is -2.67. The molecule has 1 fully saturated rings. The molecule has 0 radical (unpaired) electrons. The summed E-state index contributed by atoms with van der Waals surface area (Å²) in [4.78, 5) is 23.9. The number of carbonyl (C=O) groups excluding carboxylic acids is 1. The number of piperidine rings is 1. The molecule has 4 rings (SSSR count). The third-order valence-electron chi connectivity index (χ3n) is 5.16. The van der Waals surface area contributed by atoms with E-state index in [1.165, 1.54) is 6.42 Å². The molecule has 0 atom stereocenters. The van der Waals surface area contributed by atoms with E-state index in [1.54, 1.807) is 0 Å². The first-order chi connectivity index (χ1) is 14.0. The van der Waals surface area contributed by atoms with Gasteiger partial charge in [-0.2, -0.15) is 4.98 Å². The third-order valence-corrected chi connectivity index (χ3v) is 5.48. The molecule has 0 unspecified atom stereocenters. The molecule has 29 heavy (non-hydrogen) atoms. The van der Waals surface area contributed by atoms with Gasteiger partial charge in [0, 0.05) is 25.9 Å². The Kier molecular flexibility index (Phi) is 5.67. The van der Waals surface area contributed by atoms with Gasteiger partial charge in [0.1, 0.15) is 17.0 Å². The summed E-state index contributed by atoms with van der Waals surface area (Å²) < 4.78 is 5.40. The molecule has 8 heteroatoms. The largest absolute Gasteiger partial charge is 0.356 e. The summed E-state index contributed by atoms with van der Waals surface area (Å²) in [7, 11) is 0. The first-order valence-corrected chi connectivity index (χ1v) is 10.3. The summed E-state index contributed by atoms with van der Waals surface area (Å²) in [6.45, 7) is 5.78.